The number of nitrogens with zero attached hydrogens (tertiary/aromatic N) is 6. The van der Waals surface area contributed by atoms with E-state index in [9.17, 15) is 8.42 Å². The van der Waals surface area contributed by atoms with Gasteiger partial charge in [-0.25, -0.2) is 8.86 Å². The third-order valence-electron chi connectivity index (χ3n) is 6.48. The number of nitrogens with one attached hydrogen (secondary N) is 4. The van der Waals surface area contributed by atoms with Crippen LogP contribution in [0.4, 0.5) is 0 Å². The number of rotatable bonds is 14. The van der Waals surface area contributed by atoms with Crippen LogP contribution in [0.1, 0.15) is 59.2 Å². The predicted octanol–water partition coefficient (Wildman–Crippen LogP) is 1.75. The minimum absolute atomic E-state index is 0.0695. The molecule has 16 heteroatoms. The van der Waals surface area contributed by atoms with Gasteiger partial charge >= 0.3 is 10.4 Å². The molecule has 2 aliphatic heterocycles. The van der Waals surface area contributed by atoms with E-state index in [4.69, 9.17) is 9.29 Å². The molecule has 2 aromatic rings. The smallest absolute Gasteiger partial charge is 0.397 e. The Kier molecular flexibility index (Phi) is 10.2. The Hall–Kier alpha value is -3.41. The lowest BCUT2D eigenvalue weighted by molar-refractivity contribution is 0.137. The molecule has 0 fully saturated rings. The molecular formula is C27H44N10O5S. The molecule has 5 N–H and O–H groups in total. The number of hydrogen-bond acceptors (Lipinski definition) is 13. The van der Waals surface area contributed by atoms with Gasteiger partial charge in [0, 0.05) is 44.0 Å². The largest absolute Gasteiger partial charge is 0.494 e. The van der Waals surface area contributed by atoms with Gasteiger partial charge in [-0.1, -0.05) is 17.3 Å². The summed E-state index contributed by atoms with van der Waals surface area (Å²) in [5.74, 6) is 0.660. The van der Waals surface area contributed by atoms with Crippen LogP contribution in [0, 0.1) is 0 Å². The van der Waals surface area contributed by atoms with Crippen LogP contribution in [0.5, 0.6) is 5.75 Å². The fraction of sp³-hybridized carbons (Fsp3) is 0.556. The summed E-state index contributed by atoms with van der Waals surface area (Å²) in [6, 6.07) is 7.65. The van der Waals surface area contributed by atoms with Gasteiger partial charge < -0.3 is 15.6 Å². The zero-order valence-corrected chi connectivity index (χ0v) is 26.5. The second-order valence-corrected chi connectivity index (χ2v) is 13.6. The molecule has 15 nitrogen and oxygen atoms in total. The van der Waals surface area contributed by atoms with Gasteiger partial charge in [-0.2, -0.15) is 8.42 Å². The van der Waals surface area contributed by atoms with Crippen molar-refractivity contribution in [1.82, 2.24) is 51.8 Å². The van der Waals surface area contributed by atoms with Crippen molar-refractivity contribution >= 4 is 10.4 Å². The molecule has 0 aliphatic carbocycles. The molecule has 1 aromatic carbocycles. The van der Waals surface area contributed by atoms with Crippen LogP contribution in [-0.4, -0.2) is 74.7 Å². The molecule has 0 unspecified atom stereocenters. The number of benzene rings is 1. The van der Waals surface area contributed by atoms with Crippen molar-refractivity contribution in [2.45, 2.75) is 72.1 Å². The average Bonchev–Trinajstić information content (AvgIpc) is 3.65. The van der Waals surface area contributed by atoms with E-state index in [0.717, 1.165) is 22.7 Å². The quantitative estimate of drug-likeness (QED) is 0.153. The molecule has 3 heterocycles. The lowest BCUT2D eigenvalue weighted by atomic mass is 10.1. The van der Waals surface area contributed by atoms with Crippen LogP contribution in [-0.2, 0) is 33.2 Å². The maximum absolute atomic E-state index is 10.6. The van der Waals surface area contributed by atoms with Crippen LogP contribution in [0.25, 0.3) is 0 Å². The SMILES string of the molecule is CC(C)(C)N1C=C(CN(CC2=CN(Cc3ccc(OCCCOS(=O)(=O)O)cc3)NN2)Cc2cn(C(C)(C)C)nn2)NN1. The highest BCUT2D eigenvalue weighted by atomic mass is 32.3. The first kappa shape index (κ1) is 32.5. The maximum Gasteiger partial charge on any atom is 0.397 e. The molecule has 0 atom stereocenters. The molecule has 2 aliphatic rings. The average molecular weight is 621 g/mol. The second kappa shape index (κ2) is 13.5. The molecule has 1 aromatic heterocycles. The van der Waals surface area contributed by atoms with Crippen molar-refractivity contribution in [2.75, 3.05) is 26.3 Å². The number of hydrogen-bond donors (Lipinski definition) is 5. The Bertz CT molecular complexity index is 1380. The van der Waals surface area contributed by atoms with E-state index in [-0.39, 0.29) is 24.3 Å². The lowest BCUT2D eigenvalue weighted by Gasteiger charge is -2.30. The van der Waals surface area contributed by atoms with Crippen molar-refractivity contribution in [2.24, 2.45) is 0 Å². The standard InChI is InChI=1S/C27H44N10O5S/c1-26(2,3)36-19-23(29-32-36)16-34(17-24-20-37(33-30-24)27(4,5)6)15-22-18-35(31-28-22)14-21-8-10-25(11-9-21)41-12-7-13-42-43(38,39)40/h8-11,18-20,28-29,31-32H,7,12-17H2,1-6H3,(H,38,39,40). The van der Waals surface area contributed by atoms with Gasteiger partial charge in [0.05, 0.1) is 48.6 Å². The normalized spacial score (nSPS) is 15.9. The third-order valence-corrected chi connectivity index (χ3v) is 6.95. The summed E-state index contributed by atoms with van der Waals surface area (Å²) >= 11 is 0. The monoisotopic (exact) mass is 620 g/mol. The van der Waals surface area contributed by atoms with E-state index in [2.05, 4.69) is 100 Å². The molecule has 0 radical (unpaired) electrons. The molecule has 0 saturated carbocycles. The van der Waals surface area contributed by atoms with E-state index in [1.807, 2.05) is 40.2 Å². The first-order chi connectivity index (χ1) is 20.1. The highest BCUT2D eigenvalue weighted by Gasteiger charge is 2.25. The van der Waals surface area contributed by atoms with Crippen molar-refractivity contribution in [1.29, 1.82) is 0 Å². The van der Waals surface area contributed by atoms with Gasteiger partial charge in [0.1, 0.15) is 5.75 Å². The molecule has 4 rings (SSSR count). The fourth-order valence-electron chi connectivity index (χ4n) is 4.23. The summed E-state index contributed by atoms with van der Waals surface area (Å²) in [6.45, 7) is 15.4. The number of hydrazine groups is 4. The first-order valence-electron chi connectivity index (χ1n) is 14.1. The van der Waals surface area contributed by atoms with E-state index >= 15 is 0 Å². The Morgan fingerprint density at radius 3 is 2.19 bits per heavy atom. The molecule has 0 saturated heterocycles. The topological polar surface area (TPSA) is 161 Å². The Labute approximate surface area is 253 Å². The summed E-state index contributed by atoms with van der Waals surface area (Å²) in [7, 11) is -4.42. The summed E-state index contributed by atoms with van der Waals surface area (Å²) in [4.78, 5) is 2.29. The highest BCUT2D eigenvalue weighted by molar-refractivity contribution is 7.80. The Morgan fingerprint density at radius 1 is 0.907 bits per heavy atom. The van der Waals surface area contributed by atoms with Crippen LogP contribution >= 0.6 is 0 Å². The van der Waals surface area contributed by atoms with Crippen molar-refractivity contribution in [3.8, 4) is 5.75 Å². The third kappa shape index (κ3) is 10.4. The fourth-order valence-corrected chi connectivity index (χ4v) is 4.56. The number of ether oxygens (including phenoxy) is 1. The second-order valence-electron chi connectivity index (χ2n) is 12.5. The van der Waals surface area contributed by atoms with Crippen LogP contribution in [0.2, 0.25) is 0 Å². The van der Waals surface area contributed by atoms with Crippen molar-refractivity contribution < 1.29 is 21.9 Å². The van der Waals surface area contributed by atoms with E-state index in [0.29, 0.717) is 38.3 Å². The van der Waals surface area contributed by atoms with Gasteiger partial charge in [-0.15, -0.1) is 16.2 Å². The van der Waals surface area contributed by atoms with Crippen LogP contribution in [0.15, 0.2) is 54.3 Å². The zero-order chi connectivity index (χ0) is 31.3. The highest BCUT2D eigenvalue weighted by Crippen LogP contribution is 2.19. The van der Waals surface area contributed by atoms with Gasteiger partial charge in [0.25, 0.3) is 0 Å². The minimum atomic E-state index is -4.42. The zero-order valence-electron chi connectivity index (χ0n) is 25.7. The molecule has 0 bridgehead atoms. The molecule has 0 spiro atoms. The van der Waals surface area contributed by atoms with Gasteiger partial charge in [-0.3, -0.25) is 19.5 Å². The molecule has 0 amide bonds. The minimum Gasteiger partial charge on any atom is -0.494 e. The lowest BCUT2D eigenvalue weighted by Crippen LogP contribution is -2.47. The van der Waals surface area contributed by atoms with E-state index in [1.54, 1.807) is 0 Å². The Morgan fingerprint density at radius 2 is 1.58 bits per heavy atom. The van der Waals surface area contributed by atoms with E-state index in [1.165, 1.54) is 0 Å². The molecule has 43 heavy (non-hydrogen) atoms. The molecule has 238 valence electrons. The maximum atomic E-state index is 10.6. The van der Waals surface area contributed by atoms with Gasteiger partial charge in [0.2, 0.25) is 0 Å². The Balaban J connectivity index is 1.34. The van der Waals surface area contributed by atoms with E-state index < -0.39 is 10.4 Å². The summed E-state index contributed by atoms with van der Waals surface area (Å²) in [5, 5.41) is 12.8. The van der Waals surface area contributed by atoms with Crippen molar-refractivity contribution in [3.05, 3.63) is 65.5 Å². The summed E-state index contributed by atoms with van der Waals surface area (Å²) in [6.07, 6.45) is 6.48. The predicted molar refractivity (Wildman–Crippen MR) is 160 cm³/mol. The van der Waals surface area contributed by atoms with Gasteiger partial charge in [-0.05, 0) is 59.2 Å². The number of aromatic nitrogens is 3. The van der Waals surface area contributed by atoms with Crippen molar-refractivity contribution in [3.63, 3.8) is 0 Å². The van der Waals surface area contributed by atoms with Crippen LogP contribution in [0.3, 0.4) is 0 Å². The molecular weight excluding hydrogens is 576 g/mol. The van der Waals surface area contributed by atoms with Gasteiger partial charge in [0.15, 0.2) is 0 Å². The summed E-state index contributed by atoms with van der Waals surface area (Å²) < 4.78 is 41.6. The van der Waals surface area contributed by atoms with Crippen LogP contribution < -0.4 is 26.7 Å². The first-order valence-corrected chi connectivity index (χ1v) is 15.5. The summed E-state index contributed by atoms with van der Waals surface area (Å²) in [5.41, 5.74) is 16.8.